The van der Waals surface area contributed by atoms with Gasteiger partial charge >= 0.3 is 0 Å². The van der Waals surface area contributed by atoms with Crippen molar-refractivity contribution in [1.29, 1.82) is 0 Å². The zero-order chi connectivity index (χ0) is 19.0. The van der Waals surface area contributed by atoms with E-state index >= 15 is 0 Å². The maximum Gasteiger partial charge on any atom is 0.0653 e. The summed E-state index contributed by atoms with van der Waals surface area (Å²) in [5.74, 6) is 0. The van der Waals surface area contributed by atoms with Gasteiger partial charge in [-0.3, -0.25) is 4.72 Å². The minimum absolute atomic E-state index is 0.247. The summed E-state index contributed by atoms with van der Waals surface area (Å²) >= 11 is 1.92. The van der Waals surface area contributed by atoms with Crippen LogP contribution in [0.25, 0.3) is 16.5 Å². The Morgan fingerprint density at radius 1 is 1.30 bits per heavy atom. The van der Waals surface area contributed by atoms with Gasteiger partial charge in [0.1, 0.15) is 0 Å². The number of nitrogens with one attached hydrogen (secondary N) is 1. The Labute approximate surface area is 167 Å². The number of hydrogen-bond acceptors (Lipinski definition) is 3. The SMILES string of the molecule is CC(NSC1CC1)c1cn(CC(C)(C)C)c2cc(C3=CCOCC3)ccc12. The van der Waals surface area contributed by atoms with Crippen LogP contribution in [0.5, 0.6) is 0 Å². The number of hydrogen-bond donors (Lipinski definition) is 1. The smallest absolute Gasteiger partial charge is 0.0653 e. The van der Waals surface area contributed by atoms with Gasteiger partial charge in [0.25, 0.3) is 0 Å². The predicted octanol–water partition coefficient (Wildman–Crippen LogP) is 5.95. The second-order valence-electron chi connectivity index (χ2n) is 9.22. The molecule has 1 fully saturated rings. The lowest BCUT2D eigenvalue weighted by Crippen LogP contribution is -2.15. The standard InChI is InChI=1S/C23H32N2OS/c1-16(24-27-19-6-7-19)21-14-25(15-23(2,3)4)22-13-18(5-8-20(21)22)17-9-11-26-12-10-17/h5,8-9,13-14,16,19,24H,6-7,10-12,15H2,1-4H3. The van der Waals surface area contributed by atoms with Gasteiger partial charge in [-0.1, -0.05) is 50.9 Å². The molecule has 1 N–H and O–H groups in total. The first-order valence-corrected chi connectivity index (χ1v) is 11.1. The fourth-order valence-corrected chi connectivity index (χ4v) is 4.64. The largest absolute Gasteiger partial charge is 0.377 e. The Morgan fingerprint density at radius 2 is 2.11 bits per heavy atom. The van der Waals surface area contributed by atoms with E-state index in [1.165, 1.54) is 40.4 Å². The van der Waals surface area contributed by atoms with E-state index < -0.39 is 0 Å². The van der Waals surface area contributed by atoms with Gasteiger partial charge in [0, 0.05) is 34.9 Å². The van der Waals surface area contributed by atoms with Crippen LogP contribution in [-0.4, -0.2) is 23.0 Å². The van der Waals surface area contributed by atoms with Crippen LogP contribution >= 0.6 is 11.9 Å². The first-order chi connectivity index (χ1) is 12.9. The van der Waals surface area contributed by atoms with Gasteiger partial charge in [-0.05, 0) is 54.4 Å². The summed E-state index contributed by atoms with van der Waals surface area (Å²) in [6, 6.07) is 7.37. The molecule has 1 aromatic carbocycles. The Hall–Kier alpha value is -1.23. The summed E-state index contributed by atoms with van der Waals surface area (Å²) in [6.07, 6.45) is 8.34. The van der Waals surface area contributed by atoms with Gasteiger partial charge in [-0.15, -0.1) is 0 Å². The van der Waals surface area contributed by atoms with E-state index in [1.54, 1.807) is 0 Å². The zero-order valence-corrected chi connectivity index (χ0v) is 17.9. The van der Waals surface area contributed by atoms with Crippen LogP contribution in [0.15, 0.2) is 30.5 Å². The molecule has 1 aromatic heterocycles. The molecule has 146 valence electrons. The van der Waals surface area contributed by atoms with Crippen molar-refractivity contribution in [3.63, 3.8) is 0 Å². The van der Waals surface area contributed by atoms with Gasteiger partial charge < -0.3 is 9.30 Å². The molecule has 2 aliphatic rings. The molecule has 3 nitrogen and oxygen atoms in total. The Balaban J connectivity index is 1.71. The fraction of sp³-hybridized carbons (Fsp3) is 0.565. The van der Waals surface area contributed by atoms with Crippen LogP contribution in [0.2, 0.25) is 0 Å². The predicted molar refractivity (Wildman–Crippen MR) is 117 cm³/mol. The molecule has 27 heavy (non-hydrogen) atoms. The summed E-state index contributed by atoms with van der Waals surface area (Å²) in [5.41, 5.74) is 5.78. The van der Waals surface area contributed by atoms with Crippen molar-refractivity contribution < 1.29 is 4.74 Å². The fourth-order valence-electron chi connectivity index (χ4n) is 3.74. The molecule has 0 saturated heterocycles. The Bertz CT molecular complexity index is 842. The van der Waals surface area contributed by atoms with Gasteiger partial charge in [0.05, 0.1) is 13.2 Å². The summed E-state index contributed by atoms with van der Waals surface area (Å²) in [5, 5.41) is 2.20. The van der Waals surface area contributed by atoms with Crippen LogP contribution in [-0.2, 0) is 11.3 Å². The van der Waals surface area contributed by atoms with Crippen LogP contribution in [0.1, 0.15) is 64.1 Å². The third kappa shape index (κ3) is 4.61. The van der Waals surface area contributed by atoms with Crippen molar-refractivity contribution in [2.45, 2.75) is 64.8 Å². The van der Waals surface area contributed by atoms with E-state index in [0.717, 1.165) is 31.4 Å². The van der Waals surface area contributed by atoms with Gasteiger partial charge in [-0.2, -0.15) is 0 Å². The average molecular weight is 385 g/mol. The molecule has 0 bridgehead atoms. The third-order valence-corrected chi connectivity index (χ3v) is 6.59. The van der Waals surface area contributed by atoms with E-state index in [4.69, 9.17) is 4.74 Å². The topological polar surface area (TPSA) is 26.2 Å². The average Bonchev–Trinajstić information content (AvgIpc) is 3.41. The van der Waals surface area contributed by atoms with Crippen molar-refractivity contribution in [2.75, 3.05) is 13.2 Å². The lowest BCUT2D eigenvalue weighted by atomic mass is 9.96. The van der Waals surface area contributed by atoms with Gasteiger partial charge in [0.2, 0.25) is 0 Å². The van der Waals surface area contributed by atoms with Crippen molar-refractivity contribution in [3.05, 3.63) is 41.6 Å². The second-order valence-corrected chi connectivity index (χ2v) is 10.4. The minimum Gasteiger partial charge on any atom is -0.377 e. The molecule has 0 amide bonds. The van der Waals surface area contributed by atoms with Crippen molar-refractivity contribution >= 4 is 28.4 Å². The highest BCUT2D eigenvalue weighted by Gasteiger charge is 2.24. The van der Waals surface area contributed by atoms with Crippen molar-refractivity contribution in [2.24, 2.45) is 5.41 Å². The molecule has 0 radical (unpaired) electrons. The quantitative estimate of drug-likeness (QED) is 0.623. The summed E-state index contributed by atoms with van der Waals surface area (Å²) in [4.78, 5) is 0. The maximum atomic E-state index is 5.49. The molecule has 1 unspecified atom stereocenters. The summed E-state index contributed by atoms with van der Waals surface area (Å²) in [6.45, 7) is 11.8. The Morgan fingerprint density at radius 3 is 2.78 bits per heavy atom. The second kappa shape index (κ2) is 7.65. The first kappa shape index (κ1) is 19.1. The van der Waals surface area contributed by atoms with Crippen LogP contribution < -0.4 is 4.72 Å². The number of benzene rings is 1. The van der Waals surface area contributed by atoms with E-state index in [1.807, 2.05) is 11.9 Å². The van der Waals surface area contributed by atoms with Crippen molar-refractivity contribution in [3.8, 4) is 0 Å². The molecule has 1 aliphatic carbocycles. The molecule has 1 saturated carbocycles. The van der Waals surface area contributed by atoms with Gasteiger partial charge in [0.15, 0.2) is 0 Å². The number of fused-ring (bicyclic) bond motifs is 1. The Kier molecular flexibility index (Phi) is 5.41. The molecule has 4 heteroatoms. The lowest BCUT2D eigenvalue weighted by molar-refractivity contribution is 0.161. The first-order valence-electron chi connectivity index (χ1n) is 10.2. The molecule has 4 rings (SSSR count). The third-order valence-electron chi connectivity index (χ3n) is 5.29. The highest BCUT2D eigenvalue weighted by molar-refractivity contribution is 7.98. The molecular weight excluding hydrogens is 352 g/mol. The van der Waals surface area contributed by atoms with Crippen LogP contribution in [0, 0.1) is 5.41 Å². The molecule has 1 atom stereocenters. The molecule has 0 spiro atoms. The van der Waals surface area contributed by atoms with Gasteiger partial charge in [-0.25, -0.2) is 0 Å². The number of ether oxygens (including phenoxy) is 1. The van der Waals surface area contributed by atoms with Crippen LogP contribution in [0.3, 0.4) is 0 Å². The van der Waals surface area contributed by atoms with Crippen molar-refractivity contribution in [1.82, 2.24) is 9.29 Å². The van der Waals surface area contributed by atoms with E-state index in [9.17, 15) is 0 Å². The van der Waals surface area contributed by atoms with E-state index in [0.29, 0.717) is 6.04 Å². The molecular formula is C23H32N2OS. The number of aromatic nitrogens is 1. The molecule has 1 aliphatic heterocycles. The van der Waals surface area contributed by atoms with E-state index in [-0.39, 0.29) is 5.41 Å². The summed E-state index contributed by atoms with van der Waals surface area (Å²) in [7, 11) is 0. The highest BCUT2D eigenvalue weighted by Crippen LogP contribution is 2.36. The molecule has 2 aromatic rings. The lowest BCUT2D eigenvalue weighted by Gasteiger charge is -2.20. The highest BCUT2D eigenvalue weighted by atomic mass is 32.2. The van der Waals surface area contributed by atoms with Crippen LogP contribution in [0.4, 0.5) is 0 Å². The number of nitrogens with zero attached hydrogens (tertiary/aromatic N) is 1. The maximum absolute atomic E-state index is 5.49. The monoisotopic (exact) mass is 384 g/mol. The normalized spacial score (nSPS) is 19.3. The van der Waals surface area contributed by atoms with E-state index in [2.05, 4.69) is 67.5 Å². The minimum atomic E-state index is 0.247. The summed E-state index contributed by atoms with van der Waals surface area (Å²) < 4.78 is 11.6. The zero-order valence-electron chi connectivity index (χ0n) is 17.0. The molecule has 2 heterocycles. The number of rotatable bonds is 6.